The van der Waals surface area contributed by atoms with E-state index in [1.54, 1.807) is 6.08 Å². The Balaban J connectivity index is 3.89. The second kappa shape index (κ2) is 17.9. The van der Waals surface area contributed by atoms with Crippen molar-refractivity contribution < 1.29 is 14.8 Å². The maximum Gasteiger partial charge on any atom is 0.379 e. The highest BCUT2D eigenvalue weighted by atomic mass is 16.6. The summed E-state index contributed by atoms with van der Waals surface area (Å²) in [4.78, 5) is 20.4. The molecule has 0 aliphatic rings. The summed E-state index contributed by atoms with van der Waals surface area (Å²) in [7, 11) is 0. The van der Waals surface area contributed by atoms with Gasteiger partial charge in [0.15, 0.2) is 0 Å². The number of hydrogen-bond donors (Lipinski definition) is 1. The Morgan fingerprint density at radius 2 is 1.26 bits per heavy atom. The minimum absolute atomic E-state index is 0.105. The van der Waals surface area contributed by atoms with E-state index < -0.39 is 16.9 Å². The van der Waals surface area contributed by atoms with E-state index in [1.165, 1.54) is 6.08 Å². The smallest absolute Gasteiger partial charge is 0.379 e. The van der Waals surface area contributed by atoms with Crippen LogP contribution in [0.1, 0.15) is 39.0 Å². The second-order valence-electron chi connectivity index (χ2n) is 5.53. The largest absolute Gasteiger partial charge is 0.476 e. The van der Waals surface area contributed by atoms with Gasteiger partial charge in [0.1, 0.15) is 0 Å². The molecule has 0 aliphatic heterocycles. The molecule has 5 heteroatoms. The first-order valence-corrected chi connectivity index (χ1v) is 9.05. The van der Waals surface area contributed by atoms with Crippen molar-refractivity contribution in [2.45, 2.75) is 45.1 Å². The fourth-order valence-corrected chi connectivity index (χ4v) is 1.86. The predicted molar refractivity (Wildman–Crippen MR) is 111 cm³/mol. The van der Waals surface area contributed by atoms with Gasteiger partial charge in [-0.3, -0.25) is 10.1 Å². The molecule has 0 saturated carbocycles. The van der Waals surface area contributed by atoms with E-state index in [2.05, 4.69) is 37.3 Å². The standard InChI is InChI=1S/C22H29NO4/c1-2-3-4-5-6-7-8-9-10-11-12-13-14-15-16-17-18-19-20-21(22(24)25)23(26)27/h3-4,6-7,9-16,18-19,21H,2,5,8,17,20H2,1H3,(H,24,25). The fraction of sp³-hybridized carbons (Fsp3) is 0.318. The van der Waals surface area contributed by atoms with E-state index in [0.29, 0.717) is 6.42 Å². The van der Waals surface area contributed by atoms with Crippen LogP contribution in [0.25, 0.3) is 0 Å². The maximum absolute atomic E-state index is 10.6. The molecule has 0 rings (SSSR count). The zero-order chi connectivity index (χ0) is 20.2. The van der Waals surface area contributed by atoms with E-state index in [-0.39, 0.29) is 6.42 Å². The third-order valence-corrected chi connectivity index (χ3v) is 3.28. The average molecular weight is 371 g/mol. The first-order valence-electron chi connectivity index (χ1n) is 9.05. The van der Waals surface area contributed by atoms with E-state index >= 15 is 0 Å². The quantitative estimate of drug-likeness (QED) is 0.187. The molecule has 0 bridgehead atoms. The molecule has 0 fully saturated rings. The van der Waals surface area contributed by atoms with Crippen molar-refractivity contribution >= 4 is 5.97 Å². The summed E-state index contributed by atoms with van der Waals surface area (Å²) in [5.74, 6) is -1.41. The molecule has 0 saturated heterocycles. The lowest BCUT2D eigenvalue weighted by molar-refractivity contribution is -0.509. The van der Waals surface area contributed by atoms with Crippen molar-refractivity contribution in [2.75, 3.05) is 0 Å². The third kappa shape index (κ3) is 16.3. The molecule has 1 atom stereocenters. The molecule has 0 radical (unpaired) electrons. The molecular formula is C22H29NO4. The topological polar surface area (TPSA) is 80.4 Å². The molecule has 0 aromatic rings. The third-order valence-electron chi connectivity index (χ3n) is 3.28. The van der Waals surface area contributed by atoms with Crippen LogP contribution in [0.5, 0.6) is 0 Å². The summed E-state index contributed by atoms with van der Waals surface area (Å²) in [5.41, 5.74) is 0. The zero-order valence-electron chi connectivity index (χ0n) is 15.8. The molecule has 0 spiro atoms. The van der Waals surface area contributed by atoms with Gasteiger partial charge in [-0.2, -0.15) is 0 Å². The molecule has 0 heterocycles. The van der Waals surface area contributed by atoms with Crippen LogP contribution < -0.4 is 0 Å². The van der Waals surface area contributed by atoms with Crippen LogP contribution >= 0.6 is 0 Å². The highest BCUT2D eigenvalue weighted by Crippen LogP contribution is 2.00. The van der Waals surface area contributed by atoms with Gasteiger partial charge in [0.25, 0.3) is 0 Å². The van der Waals surface area contributed by atoms with Crippen molar-refractivity contribution in [3.63, 3.8) is 0 Å². The Morgan fingerprint density at radius 3 is 1.74 bits per heavy atom. The Hall–Kier alpha value is -2.95. The summed E-state index contributed by atoms with van der Waals surface area (Å²) in [5, 5.41) is 19.2. The lowest BCUT2D eigenvalue weighted by atomic mass is 10.2. The number of rotatable bonds is 14. The fourth-order valence-electron chi connectivity index (χ4n) is 1.86. The van der Waals surface area contributed by atoms with Crippen LogP contribution in [0.3, 0.4) is 0 Å². The first-order chi connectivity index (χ1) is 13.1. The lowest BCUT2D eigenvalue weighted by Crippen LogP contribution is -2.28. The number of nitro groups is 1. The highest BCUT2D eigenvalue weighted by molar-refractivity contribution is 5.72. The maximum atomic E-state index is 10.6. The van der Waals surface area contributed by atoms with Gasteiger partial charge in [-0.15, -0.1) is 0 Å². The Bertz CT molecular complexity index is 608. The number of aliphatic carboxylic acids is 1. The summed E-state index contributed by atoms with van der Waals surface area (Å²) in [6.45, 7) is 2.12. The van der Waals surface area contributed by atoms with Crippen LogP contribution in [0, 0.1) is 10.1 Å². The Kier molecular flexibility index (Phi) is 15.9. The van der Waals surface area contributed by atoms with Crippen LogP contribution in [-0.2, 0) is 4.79 Å². The molecular weight excluding hydrogens is 342 g/mol. The van der Waals surface area contributed by atoms with Gasteiger partial charge in [0.05, 0.1) is 0 Å². The zero-order valence-corrected chi connectivity index (χ0v) is 15.8. The molecule has 146 valence electrons. The van der Waals surface area contributed by atoms with Crippen LogP contribution in [0.15, 0.2) is 85.1 Å². The van der Waals surface area contributed by atoms with E-state index in [0.717, 1.165) is 19.3 Å². The number of nitrogens with zero attached hydrogens (tertiary/aromatic N) is 1. The first kappa shape index (κ1) is 24.1. The van der Waals surface area contributed by atoms with Gasteiger partial charge in [-0.05, 0) is 25.7 Å². The minimum Gasteiger partial charge on any atom is -0.476 e. The monoisotopic (exact) mass is 371 g/mol. The number of allylic oxidation sites excluding steroid dienone is 13. The van der Waals surface area contributed by atoms with E-state index in [9.17, 15) is 14.9 Å². The average Bonchev–Trinajstić information content (AvgIpc) is 2.63. The van der Waals surface area contributed by atoms with Crippen LogP contribution in [0.2, 0.25) is 0 Å². The lowest BCUT2D eigenvalue weighted by Gasteiger charge is -1.99. The van der Waals surface area contributed by atoms with Gasteiger partial charge >= 0.3 is 12.0 Å². The van der Waals surface area contributed by atoms with Crippen molar-refractivity contribution in [2.24, 2.45) is 0 Å². The Morgan fingerprint density at radius 1 is 0.815 bits per heavy atom. The van der Waals surface area contributed by atoms with Crippen molar-refractivity contribution in [3.05, 3.63) is 95.2 Å². The molecule has 0 aliphatic carbocycles. The molecule has 27 heavy (non-hydrogen) atoms. The van der Waals surface area contributed by atoms with Crippen molar-refractivity contribution in [3.8, 4) is 0 Å². The van der Waals surface area contributed by atoms with Gasteiger partial charge in [0.2, 0.25) is 0 Å². The minimum atomic E-state index is -1.57. The van der Waals surface area contributed by atoms with Crippen molar-refractivity contribution in [1.82, 2.24) is 0 Å². The van der Waals surface area contributed by atoms with E-state index in [4.69, 9.17) is 5.11 Å². The normalized spacial score (nSPS) is 14.3. The SMILES string of the molecule is CCC=CCC=CCC=CC=CC=CC=CCC=CCC(C(=O)O)[N+](=O)[O-]. The summed E-state index contributed by atoms with van der Waals surface area (Å²) in [6.07, 6.45) is 30.8. The van der Waals surface area contributed by atoms with Gasteiger partial charge in [0, 0.05) is 11.3 Å². The van der Waals surface area contributed by atoms with E-state index in [1.807, 2.05) is 42.5 Å². The molecule has 0 amide bonds. The van der Waals surface area contributed by atoms with Gasteiger partial charge in [-0.25, -0.2) is 4.79 Å². The number of carbonyl (C=O) groups is 1. The number of hydrogen-bond acceptors (Lipinski definition) is 3. The van der Waals surface area contributed by atoms with Crippen LogP contribution in [-0.4, -0.2) is 22.0 Å². The summed E-state index contributed by atoms with van der Waals surface area (Å²) >= 11 is 0. The number of carboxylic acids is 1. The molecule has 0 aromatic carbocycles. The number of carboxylic acid groups (broad SMARTS) is 1. The molecule has 1 unspecified atom stereocenters. The molecule has 0 aromatic heterocycles. The molecule has 1 N–H and O–H groups in total. The predicted octanol–water partition coefficient (Wildman–Crippen LogP) is 5.58. The molecule has 5 nitrogen and oxygen atoms in total. The summed E-state index contributed by atoms with van der Waals surface area (Å²) < 4.78 is 0. The summed E-state index contributed by atoms with van der Waals surface area (Å²) in [6, 6.07) is -1.57. The highest BCUT2D eigenvalue weighted by Gasteiger charge is 2.27. The van der Waals surface area contributed by atoms with Gasteiger partial charge < -0.3 is 5.11 Å². The van der Waals surface area contributed by atoms with Crippen molar-refractivity contribution in [1.29, 1.82) is 0 Å². The Labute approximate surface area is 161 Å². The second-order valence-corrected chi connectivity index (χ2v) is 5.53. The van der Waals surface area contributed by atoms with Crippen LogP contribution in [0.4, 0.5) is 0 Å². The van der Waals surface area contributed by atoms with Gasteiger partial charge in [-0.1, -0.05) is 92.0 Å².